The number of hydrogen-bond donors (Lipinski definition) is 2. The second-order valence-electron chi connectivity index (χ2n) is 7.08. The molecule has 150 valence electrons. The minimum Gasteiger partial charge on any atom is -0.368 e. The topological polar surface area (TPSA) is 88.0 Å². The van der Waals surface area contributed by atoms with Gasteiger partial charge in [-0.25, -0.2) is 9.97 Å². The highest BCUT2D eigenvalue weighted by Crippen LogP contribution is 2.19. The molecule has 0 bridgehead atoms. The van der Waals surface area contributed by atoms with Gasteiger partial charge in [0.15, 0.2) is 5.65 Å². The zero-order valence-electron chi connectivity index (χ0n) is 16.3. The fourth-order valence-electron chi connectivity index (χ4n) is 3.59. The Bertz CT molecular complexity index is 1220. The fraction of sp³-hybridized carbons (Fsp3) is 0.182. The molecule has 1 aliphatic rings. The largest absolute Gasteiger partial charge is 0.368 e. The number of rotatable bonds is 4. The van der Waals surface area contributed by atoms with Gasteiger partial charge in [-0.2, -0.15) is 4.98 Å². The molecule has 0 unspecified atom stereocenters. The third-order valence-electron chi connectivity index (χ3n) is 5.12. The maximum atomic E-state index is 12.6. The van der Waals surface area contributed by atoms with E-state index < -0.39 is 0 Å². The highest BCUT2D eigenvalue weighted by atomic mass is 16.1. The number of benzene rings is 1. The molecule has 1 saturated heterocycles. The van der Waals surface area contributed by atoms with E-state index in [2.05, 4.69) is 30.5 Å². The van der Waals surface area contributed by atoms with E-state index >= 15 is 0 Å². The number of para-hydroxylation sites is 1. The molecule has 0 aliphatic carbocycles. The predicted molar refractivity (Wildman–Crippen MR) is 118 cm³/mol. The molecule has 30 heavy (non-hydrogen) atoms. The quantitative estimate of drug-likeness (QED) is 0.544. The minimum atomic E-state index is -0.142. The first-order valence-electron chi connectivity index (χ1n) is 9.91. The van der Waals surface area contributed by atoms with Crippen molar-refractivity contribution < 1.29 is 0 Å². The van der Waals surface area contributed by atoms with Crippen LogP contribution in [0.5, 0.6) is 0 Å². The summed E-state index contributed by atoms with van der Waals surface area (Å²) in [6.45, 7) is 3.90. The Labute approximate surface area is 173 Å². The van der Waals surface area contributed by atoms with Gasteiger partial charge in [-0.05, 0) is 30.3 Å². The summed E-state index contributed by atoms with van der Waals surface area (Å²) in [6.07, 6.45) is 3.56. The van der Waals surface area contributed by atoms with Crippen molar-refractivity contribution in [3.05, 3.63) is 77.3 Å². The van der Waals surface area contributed by atoms with Crippen molar-refractivity contribution in [1.29, 1.82) is 0 Å². The summed E-state index contributed by atoms with van der Waals surface area (Å²) in [4.78, 5) is 28.3. The molecule has 0 radical (unpaired) electrons. The van der Waals surface area contributed by atoms with E-state index in [9.17, 15) is 4.79 Å². The molecule has 0 saturated carbocycles. The average molecular weight is 399 g/mol. The lowest BCUT2D eigenvalue weighted by atomic mass is 10.2. The Morgan fingerprint density at radius 1 is 0.867 bits per heavy atom. The summed E-state index contributed by atoms with van der Waals surface area (Å²) < 4.78 is 1.59. The average Bonchev–Trinajstić information content (AvgIpc) is 2.80. The molecule has 4 aromatic rings. The fourth-order valence-corrected chi connectivity index (χ4v) is 3.59. The van der Waals surface area contributed by atoms with Crippen molar-refractivity contribution in [2.24, 2.45) is 0 Å². The monoisotopic (exact) mass is 399 g/mol. The molecule has 0 atom stereocenters. The maximum absolute atomic E-state index is 12.6. The van der Waals surface area contributed by atoms with Gasteiger partial charge in [-0.3, -0.25) is 9.36 Å². The van der Waals surface area contributed by atoms with Gasteiger partial charge in [-0.1, -0.05) is 18.2 Å². The van der Waals surface area contributed by atoms with Crippen molar-refractivity contribution in [3.63, 3.8) is 0 Å². The molecule has 0 amide bonds. The number of nitrogens with one attached hydrogen (secondary N) is 2. The van der Waals surface area contributed by atoms with E-state index in [1.807, 2.05) is 48.7 Å². The number of aromatic nitrogens is 4. The number of hydrogen-bond acceptors (Lipinski definition) is 7. The molecule has 1 fully saturated rings. The van der Waals surface area contributed by atoms with Crippen molar-refractivity contribution in [3.8, 4) is 5.69 Å². The van der Waals surface area contributed by atoms with E-state index in [-0.39, 0.29) is 5.56 Å². The Hall–Kier alpha value is -3.78. The lowest BCUT2D eigenvalue weighted by Gasteiger charge is -2.29. The van der Waals surface area contributed by atoms with Gasteiger partial charge in [0, 0.05) is 43.8 Å². The second-order valence-corrected chi connectivity index (χ2v) is 7.08. The third-order valence-corrected chi connectivity index (χ3v) is 5.12. The molecule has 8 heteroatoms. The van der Waals surface area contributed by atoms with E-state index in [0.717, 1.165) is 42.9 Å². The van der Waals surface area contributed by atoms with Crippen molar-refractivity contribution in [2.45, 2.75) is 0 Å². The summed E-state index contributed by atoms with van der Waals surface area (Å²) >= 11 is 0. The van der Waals surface area contributed by atoms with Gasteiger partial charge in [-0.15, -0.1) is 0 Å². The van der Waals surface area contributed by atoms with Gasteiger partial charge in [0.2, 0.25) is 5.95 Å². The minimum absolute atomic E-state index is 0.142. The number of anilines is 3. The van der Waals surface area contributed by atoms with Gasteiger partial charge in [0.25, 0.3) is 5.56 Å². The molecular formula is C22H21N7O. The summed E-state index contributed by atoms with van der Waals surface area (Å²) in [5.41, 5.74) is 2.26. The van der Waals surface area contributed by atoms with Crippen LogP contribution in [-0.4, -0.2) is 45.7 Å². The predicted octanol–water partition coefficient (Wildman–Crippen LogP) is 2.33. The molecule has 1 aromatic carbocycles. The van der Waals surface area contributed by atoms with Crippen LogP contribution in [0.25, 0.3) is 16.7 Å². The van der Waals surface area contributed by atoms with Crippen LogP contribution in [0.3, 0.4) is 0 Å². The van der Waals surface area contributed by atoms with E-state index in [4.69, 9.17) is 0 Å². The third kappa shape index (κ3) is 3.60. The highest BCUT2D eigenvalue weighted by molar-refractivity contribution is 5.77. The zero-order chi connectivity index (χ0) is 20.3. The van der Waals surface area contributed by atoms with E-state index in [1.54, 1.807) is 16.8 Å². The van der Waals surface area contributed by atoms with Crippen LogP contribution in [0.15, 0.2) is 71.8 Å². The zero-order valence-corrected chi connectivity index (χ0v) is 16.3. The number of fused-ring (bicyclic) bond motifs is 1. The lowest BCUT2D eigenvalue weighted by molar-refractivity contribution is 0.589. The Kier molecular flexibility index (Phi) is 4.82. The Morgan fingerprint density at radius 3 is 2.47 bits per heavy atom. The maximum Gasteiger partial charge on any atom is 0.256 e. The smallest absolute Gasteiger partial charge is 0.256 e. The van der Waals surface area contributed by atoms with E-state index in [0.29, 0.717) is 17.4 Å². The van der Waals surface area contributed by atoms with Crippen molar-refractivity contribution in [1.82, 2.24) is 24.8 Å². The molecule has 3 aromatic heterocycles. The normalized spacial score (nSPS) is 14.1. The van der Waals surface area contributed by atoms with Crippen molar-refractivity contribution in [2.75, 3.05) is 36.4 Å². The molecule has 4 heterocycles. The van der Waals surface area contributed by atoms with Crippen LogP contribution in [0.2, 0.25) is 0 Å². The summed E-state index contributed by atoms with van der Waals surface area (Å²) in [5, 5.41) is 7.28. The highest BCUT2D eigenvalue weighted by Gasteiger charge is 2.12. The Balaban J connectivity index is 1.46. The first-order valence-corrected chi connectivity index (χ1v) is 9.91. The van der Waals surface area contributed by atoms with Crippen LogP contribution in [0, 0.1) is 0 Å². The molecule has 2 N–H and O–H groups in total. The molecular weight excluding hydrogens is 378 g/mol. The van der Waals surface area contributed by atoms with Gasteiger partial charge >= 0.3 is 0 Å². The van der Waals surface area contributed by atoms with Crippen LogP contribution < -0.4 is 21.1 Å². The number of piperazine rings is 1. The number of nitrogens with zero attached hydrogens (tertiary/aromatic N) is 5. The summed E-state index contributed by atoms with van der Waals surface area (Å²) in [6, 6.07) is 16.7. The van der Waals surface area contributed by atoms with Gasteiger partial charge < -0.3 is 15.5 Å². The van der Waals surface area contributed by atoms with Crippen LogP contribution in [0.4, 0.5) is 17.5 Å². The van der Waals surface area contributed by atoms with Crippen LogP contribution in [0.1, 0.15) is 0 Å². The molecule has 1 aliphatic heterocycles. The SMILES string of the molecule is O=c1ccc2cnc(Nc3ccc(N4CCNCC4)cn3)nc2n1-c1ccccc1. The lowest BCUT2D eigenvalue weighted by Crippen LogP contribution is -2.43. The van der Waals surface area contributed by atoms with Crippen LogP contribution >= 0.6 is 0 Å². The van der Waals surface area contributed by atoms with Crippen LogP contribution in [-0.2, 0) is 0 Å². The summed E-state index contributed by atoms with van der Waals surface area (Å²) in [7, 11) is 0. The standard InChI is InChI=1S/C22H21N7O/c30-20-9-6-16-14-25-22(27-21(16)29(20)17-4-2-1-3-5-17)26-19-8-7-18(15-24-19)28-12-10-23-11-13-28/h1-9,14-15,23H,10-13H2,(H,24,25,26,27). The molecule has 0 spiro atoms. The van der Waals surface area contributed by atoms with Crippen molar-refractivity contribution >= 4 is 28.5 Å². The number of pyridine rings is 2. The summed E-state index contributed by atoms with van der Waals surface area (Å²) in [5.74, 6) is 1.04. The van der Waals surface area contributed by atoms with Gasteiger partial charge in [0.05, 0.1) is 17.6 Å². The first kappa shape index (κ1) is 18.3. The molecule has 8 nitrogen and oxygen atoms in total. The molecule has 5 rings (SSSR count). The van der Waals surface area contributed by atoms with E-state index in [1.165, 1.54) is 6.07 Å². The van der Waals surface area contributed by atoms with Gasteiger partial charge in [0.1, 0.15) is 5.82 Å². The Morgan fingerprint density at radius 2 is 1.70 bits per heavy atom. The second kappa shape index (κ2) is 7.92. The first-order chi connectivity index (χ1) is 14.8.